The minimum atomic E-state index is -0.325. The molecule has 0 radical (unpaired) electrons. The Kier molecular flexibility index (Phi) is 15.5. The van der Waals surface area contributed by atoms with E-state index in [1.165, 1.54) is 0 Å². The molecule has 13 heavy (non-hydrogen) atoms. The summed E-state index contributed by atoms with van der Waals surface area (Å²) in [4.78, 5) is 10.5. The van der Waals surface area contributed by atoms with Gasteiger partial charge < -0.3 is 14.2 Å². The molecule has 0 heterocycles. The van der Waals surface area contributed by atoms with Crippen LogP contribution < -0.4 is 0 Å². The molecule has 0 aliphatic heterocycles. The first-order valence-electron chi connectivity index (χ1n) is 3.64. The van der Waals surface area contributed by atoms with Gasteiger partial charge in [-0.1, -0.05) is 0 Å². The fourth-order valence-corrected chi connectivity index (χ4v) is 0.596. The van der Waals surface area contributed by atoms with Crippen LogP contribution in [-0.4, -0.2) is 69.7 Å². The molecule has 0 saturated carbocycles. The Hall–Kier alpha value is 0.558. The van der Waals surface area contributed by atoms with E-state index in [1.807, 2.05) is 0 Å². The number of esters is 1. The van der Waals surface area contributed by atoms with Crippen LogP contribution in [0.15, 0.2) is 0 Å². The number of rotatable bonds is 7. The number of ether oxygens (including phenoxy) is 3. The Morgan fingerprint density at radius 3 is 2.38 bits per heavy atom. The second-order valence-electron chi connectivity index (χ2n) is 1.98. The zero-order valence-corrected chi connectivity index (χ0v) is 12.8. The van der Waals surface area contributed by atoms with Gasteiger partial charge in [-0.25, -0.2) is 0 Å². The Balaban J connectivity index is 0. The van der Waals surface area contributed by atoms with Crippen LogP contribution in [0, 0.1) is 0 Å². The van der Waals surface area contributed by atoms with Crippen LogP contribution in [-0.2, 0) is 19.0 Å². The van der Waals surface area contributed by atoms with Crippen molar-refractivity contribution in [2.45, 2.75) is 0 Å². The second kappa shape index (κ2) is 12.6. The predicted octanol–water partition coefficient (Wildman–Crippen LogP) is -1.06. The number of thiol groups is 1. The molecule has 0 fully saturated rings. The van der Waals surface area contributed by atoms with Crippen LogP contribution in [0.3, 0.4) is 0 Å². The standard InChI is InChI=1S/C7H14O4S.Sb.3H/c1-9-2-3-10-4-5-11-7(8)6-12;;;;/h12H,2-6H2,1H3;;;;. The molecule has 0 spiro atoms. The summed E-state index contributed by atoms with van der Waals surface area (Å²) >= 11 is 3.74. The zero-order valence-electron chi connectivity index (χ0n) is 7.82. The van der Waals surface area contributed by atoms with Gasteiger partial charge in [0.05, 0.1) is 25.6 Å². The van der Waals surface area contributed by atoms with Crippen LogP contribution in [0.4, 0.5) is 0 Å². The summed E-state index contributed by atoms with van der Waals surface area (Å²) in [5, 5.41) is 0. The average Bonchev–Trinajstić information content (AvgIpc) is 2.10. The molecule has 0 saturated heterocycles. The maximum atomic E-state index is 10.5. The first kappa shape index (κ1) is 16.0. The second-order valence-corrected chi connectivity index (χ2v) is 2.30. The van der Waals surface area contributed by atoms with Crippen molar-refractivity contribution in [3.05, 3.63) is 0 Å². The van der Waals surface area contributed by atoms with E-state index in [0.29, 0.717) is 19.8 Å². The first-order valence-corrected chi connectivity index (χ1v) is 4.27. The summed E-state index contributed by atoms with van der Waals surface area (Å²) in [7, 11) is 1.60. The van der Waals surface area contributed by atoms with Crippen molar-refractivity contribution in [1.82, 2.24) is 0 Å². The van der Waals surface area contributed by atoms with E-state index in [9.17, 15) is 4.79 Å². The first-order chi connectivity index (χ1) is 5.81. The Labute approximate surface area is 101 Å². The van der Waals surface area contributed by atoms with Crippen molar-refractivity contribution in [3.63, 3.8) is 0 Å². The average molecular weight is 319 g/mol. The van der Waals surface area contributed by atoms with E-state index >= 15 is 0 Å². The summed E-state index contributed by atoms with van der Waals surface area (Å²) in [6.07, 6.45) is 0. The van der Waals surface area contributed by atoms with E-state index < -0.39 is 0 Å². The summed E-state index contributed by atoms with van der Waals surface area (Å²) in [6.45, 7) is 1.77. The van der Waals surface area contributed by atoms with Gasteiger partial charge in [-0.05, 0) is 0 Å². The van der Waals surface area contributed by atoms with Gasteiger partial charge in [-0.15, -0.1) is 0 Å². The van der Waals surface area contributed by atoms with E-state index in [-0.39, 0.29) is 42.8 Å². The summed E-state index contributed by atoms with van der Waals surface area (Å²) in [5.41, 5.74) is 0. The van der Waals surface area contributed by atoms with E-state index in [4.69, 9.17) is 14.2 Å². The van der Waals surface area contributed by atoms with Gasteiger partial charge in [0.15, 0.2) is 0 Å². The van der Waals surface area contributed by atoms with Gasteiger partial charge in [0, 0.05) is 7.11 Å². The molecule has 6 heteroatoms. The van der Waals surface area contributed by atoms with E-state index in [0.717, 1.165) is 0 Å². The van der Waals surface area contributed by atoms with Gasteiger partial charge >= 0.3 is 30.4 Å². The quantitative estimate of drug-likeness (QED) is 0.281. The molecule has 0 N–H and O–H groups in total. The van der Waals surface area contributed by atoms with Crippen LogP contribution in [0.2, 0.25) is 0 Å². The number of carbonyl (C=O) groups is 1. The van der Waals surface area contributed by atoms with Crippen molar-refractivity contribution in [3.8, 4) is 0 Å². The topological polar surface area (TPSA) is 44.8 Å². The molecular weight excluding hydrogens is 302 g/mol. The van der Waals surface area contributed by atoms with E-state index in [2.05, 4.69) is 12.6 Å². The minimum absolute atomic E-state index is 0. The Bertz CT molecular complexity index is 123. The van der Waals surface area contributed by atoms with Gasteiger partial charge in [0.1, 0.15) is 6.61 Å². The molecule has 0 aliphatic carbocycles. The Morgan fingerprint density at radius 2 is 1.85 bits per heavy atom. The van der Waals surface area contributed by atoms with Gasteiger partial charge in [0.2, 0.25) is 0 Å². The van der Waals surface area contributed by atoms with Gasteiger partial charge in [0.25, 0.3) is 0 Å². The fourth-order valence-electron chi connectivity index (χ4n) is 0.504. The number of hydrogen-bond donors (Lipinski definition) is 1. The van der Waals surface area contributed by atoms with Gasteiger partial charge in [-0.3, -0.25) is 4.79 Å². The third-order valence-electron chi connectivity index (χ3n) is 1.05. The van der Waals surface area contributed by atoms with Crippen molar-refractivity contribution in [2.75, 3.05) is 39.3 Å². The SMILES string of the molecule is COCCOCCOC(=O)CS.[SbH3]. The summed E-state index contributed by atoms with van der Waals surface area (Å²) in [5.74, 6) is -0.216. The molecule has 0 aliphatic rings. The molecule has 0 aromatic heterocycles. The van der Waals surface area contributed by atoms with Crippen molar-refractivity contribution < 1.29 is 19.0 Å². The third-order valence-corrected chi connectivity index (χ3v) is 1.31. The molecular formula is C7H17O4SSb. The third kappa shape index (κ3) is 12.6. The predicted molar refractivity (Wildman–Crippen MR) is 57.4 cm³/mol. The molecule has 0 rings (SSSR count). The van der Waals surface area contributed by atoms with Gasteiger partial charge in [-0.2, -0.15) is 12.6 Å². The van der Waals surface area contributed by atoms with Crippen LogP contribution in [0.25, 0.3) is 0 Å². The van der Waals surface area contributed by atoms with Crippen molar-refractivity contribution >= 4 is 43.0 Å². The molecule has 0 amide bonds. The number of methoxy groups -OCH3 is 1. The maximum absolute atomic E-state index is 10.5. The van der Waals surface area contributed by atoms with Crippen LogP contribution in [0.5, 0.6) is 0 Å². The molecule has 4 nitrogen and oxygen atoms in total. The molecule has 0 aromatic carbocycles. The molecule has 0 atom stereocenters. The summed E-state index contributed by atoms with van der Waals surface area (Å²) in [6, 6.07) is 0. The normalized spacial score (nSPS) is 9.08. The molecule has 0 aromatic rings. The summed E-state index contributed by atoms with van der Waals surface area (Å²) < 4.78 is 14.5. The van der Waals surface area contributed by atoms with Crippen molar-refractivity contribution in [1.29, 1.82) is 0 Å². The van der Waals surface area contributed by atoms with E-state index in [1.54, 1.807) is 7.11 Å². The monoisotopic (exact) mass is 318 g/mol. The van der Waals surface area contributed by atoms with Crippen molar-refractivity contribution in [2.24, 2.45) is 0 Å². The van der Waals surface area contributed by atoms with Crippen LogP contribution >= 0.6 is 12.6 Å². The number of hydrogen-bond acceptors (Lipinski definition) is 5. The Morgan fingerprint density at radius 1 is 1.23 bits per heavy atom. The molecule has 80 valence electrons. The fraction of sp³-hybridized carbons (Fsp3) is 0.857. The molecule has 0 unspecified atom stereocenters. The molecule has 0 bridgehead atoms. The van der Waals surface area contributed by atoms with Crippen LogP contribution in [0.1, 0.15) is 0 Å². The zero-order chi connectivity index (χ0) is 9.23. The number of carbonyl (C=O) groups excluding carboxylic acids is 1.